The Bertz CT molecular complexity index is 1020. The van der Waals surface area contributed by atoms with Crippen molar-refractivity contribution in [3.05, 3.63) is 75.4 Å². The zero-order valence-corrected chi connectivity index (χ0v) is 17.9. The highest BCUT2D eigenvalue weighted by Gasteiger charge is 2.18. The van der Waals surface area contributed by atoms with Gasteiger partial charge in [0.05, 0.1) is 15.9 Å². The SMILES string of the molecule is CCCc1ccc(S(=O)(=O)Nc2nn(Cc3ccc(Cl)cc3)cc2Br)cc1. The normalized spacial score (nSPS) is 11.5. The summed E-state index contributed by atoms with van der Waals surface area (Å²) in [5, 5.41) is 5.00. The molecule has 27 heavy (non-hydrogen) atoms. The van der Waals surface area contributed by atoms with Crippen molar-refractivity contribution in [2.75, 3.05) is 4.72 Å². The minimum Gasteiger partial charge on any atom is -0.265 e. The molecule has 0 amide bonds. The molecule has 3 aromatic rings. The molecule has 5 nitrogen and oxygen atoms in total. The second-order valence-corrected chi connectivity index (χ2v) is 9.12. The average molecular weight is 469 g/mol. The van der Waals surface area contributed by atoms with Crippen LogP contribution in [0.15, 0.2) is 64.1 Å². The van der Waals surface area contributed by atoms with Crippen LogP contribution in [-0.2, 0) is 23.0 Å². The van der Waals surface area contributed by atoms with Gasteiger partial charge in [-0.1, -0.05) is 49.2 Å². The van der Waals surface area contributed by atoms with E-state index in [0.717, 1.165) is 24.0 Å². The van der Waals surface area contributed by atoms with Crippen molar-refractivity contribution in [2.24, 2.45) is 0 Å². The summed E-state index contributed by atoms with van der Waals surface area (Å²) in [7, 11) is -3.71. The van der Waals surface area contributed by atoms with Crippen LogP contribution < -0.4 is 4.72 Å². The number of aromatic nitrogens is 2. The third-order valence-electron chi connectivity index (χ3n) is 3.98. The zero-order chi connectivity index (χ0) is 19.4. The number of anilines is 1. The van der Waals surface area contributed by atoms with Gasteiger partial charge in [0.25, 0.3) is 10.0 Å². The monoisotopic (exact) mass is 467 g/mol. The number of nitrogens with zero attached hydrogens (tertiary/aromatic N) is 2. The molecular weight excluding hydrogens is 450 g/mol. The highest BCUT2D eigenvalue weighted by Crippen LogP contribution is 2.24. The Balaban J connectivity index is 1.76. The topological polar surface area (TPSA) is 64.0 Å². The molecule has 0 aliphatic heterocycles. The smallest absolute Gasteiger partial charge is 0.263 e. The largest absolute Gasteiger partial charge is 0.265 e. The Hall–Kier alpha value is -1.83. The first kappa shape index (κ1) is 19.9. The number of nitrogens with one attached hydrogen (secondary N) is 1. The number of hydrogen-bond donors (Lipinski definition) is 1. The Morgan fingerprint density at radius 1 is 1.07 bits per heavy atom. The van der Waals surface area contributed by atoms with E-state index in [2.05, 4.69) is 32.7 Å². The highest BCUT2D eigenvalue weighted by atomic mass is 79.9. The third kappa shape index (κ3) is 5.12. The predicted molar refractivity (Wildman–Crippen MR) is 112 cm³/mol. The van der Waals surface area contributed by atoms with Gasteiger partial charge in [-0.15, -0.1) is 0 Å². The number of benzene rings is 2. The molecular formula is C19H19BrClN3O2S. The maximum atomic E-state index is 12.6. The maximum Gasteiger partial charge on any atom is 0.263 e. The van der Waals surface area contributed by atoms with Crippen molar-refractivity contribution in [1.82, 2.24) is 9.78 Å². The fourth-order valence-corrected chi connectivity index (χ4v) is 4.32. The molecule has 1 aromatic heterocycles. The van der Waals surface area contributed by atoms with Crippen LogP contribution in [-0.4, -0.2) is 18.2 Å². The molecule has 0 aliphatic rings. The first-order valence-corrected chi connectivity index (χ1v) is 11.1. The molecule has 0 saturated carbocycles. The molecule has 0 atom stereocenters. The van der Waals surface area contributed by atoms with Crippen LogP contribution in [0.25, 0.3) is 0 Å². The summed E-state index contributed by atoms with van der Waals surface area (Å²) >= 11 is 9.26. The molecule has 0 saturated heterocycles. The van der Waals surface area contributed by atoms with Crippen LogP contribution in [0.2, 0.25) is 5.02 Å². The molecule has 1 heterocycles. The van der Waals surface area contributed by atoms with Gasteiger partial charge >= 0.3 is 0 Å². The average Bonchev–Trinajstić information content (AvgIpc) is 2.96. The van der Waals surface area contributed by atoms with Gasteiger partial charge in [-0.3, -0.25) is 9.40 Å². The van der Waals surface area contributed by atoms with Crippen molar-refractivity contribution in [3.8, 4) is 0 Å². The first-order chi connectivity index (χ1) is 12.9. The Morgan fingerprint density at radius 2 is 1.70 bits per heavy atom. The molecule has 0 spiro atoms. The summed E-state index contributed by atoms with van der Waals surface area (Å²) in [4.78, 5) is 0.210. The van der Waals surface area contributed by atoms with E-state index in [9.17, 15) is 8.42 Å². The minimum absolute atomic E-state index is 0.210. The van der Waals surface area contributed by atoms with E-state index in [1.54, 1.807) is 35.1 Å². The number of halogens is 2. The summed E-state index contributed by atoms with van der Waals surface area (Å²) in [6.07, 6.45) is 3.67. The number of aryl methyl sites for hydroxylation is 1. The number of sulfonamides is 1. The maximum absolute atomic E-state index is 12.6. The molecule has 1 N–H and O–H groups in total. The summed E-state index contributed by atoms with van der Waals surface area (Å²) < 4.78 is 30.0. The van der Waals surface area contributed by atoms with Crippen LogP contribution in [0.5, 0.6) is 0 Å². The predicted octanol–water partition coefficient (Wildman–Crippen LogP) is 5.10. The second kappa shape index (κ2) is 8.46. The van der Waals surface area contributed by atoms with Gasteiger partial charge in [0, 0.05) is 11.2 Å². The Kier molecular flexibility index (Phi) is 6.24. The summed E-state index contributed by atoms with van der Waals surface area (Å²) in [5.74, 6) is 0.251. The Labute approximate surface area is 172 Å². The third-order valence-corrected chi connectivity index (χ3v) is 6.17. The fourth-order valence-electron chi connectivity index (χ4n) is 2.63. The van der Waals surface area contributed by atoms with Crippen molar-refractivity contribution < 1.29 is 8.42 Å². The quantitative estimate of drug-likeness (QED) is 0.524. The van der Waals surface area contributed by atoms with Crippen molar-refractivity contribution in [2.45, 2.75) is 31.2 Å². The van der Waals surface area contributed by atoms with Gasteiger partial charge < -0.3 is 0 Å². The van der Waals surface area contributed by atoms with Crippen molar-refractivity contribution in [1.29, 1.82) is 0 Å². The molecule has 8 heteroatoms. The summed E-state index contributed by atoms with van der Waals surface area (Å²) in [6.45, 7) is 2.59. The lowest BCUT2D eigenvalue weighted by Crippen LogP contribution is -2.14. The van der Waals surface area contributed by atoms with Crippen LogP contribution in [0, 0.1) is 0 Å². The second-order valence-electron chi connectivity index (χ2n) is 6.15. The van der Waals surface area contributed by atoms with Gasteiger partial charge in [0.15, 0.2) is 5.82 Å². The van der Waals surface area contributed by atoms with Gasteiger partial charge in [0.1, 0.15) is 0 Å². The lowest BCUT2D eigenvalue weighted by atomic mass is 10.1. The number of rotatable bonds is 7. The molecule has 0 radical (unpaired) electrons. The first-order valence-electron chi connectivity index (χ1n) is 8.46. The molecule has 0 fully saturated rings. The number of hydrogen-bond acceptors (Lipinski definition) is 3. The molecule has 0 bridgehead atoms. The molecule has 2 aromatic carbocycles. The molecule has 3 rings (SSSR count). The van der Waals surface area contributed by atoms with Gasteiger partial charge in [0.2, 0.25) is 0 Å². The van der Waals surface area contributed by atoms with E-state index in [4.69, 9.17) is 11.6 Å². The van der Waals surface area contributed by atoms with E-state index in [-0.39, 0.29) is 10.7 Å². The van der Waals surface area contributed by atoms with Crippen LogP contribution in [0.1, 0.15) is 24.5 Å². The van der Waals surface area contributed by atoms with Gasteiger partial charge in [-0.25, -0.2) is 8.42 Å². The van der Waals surface area contributed by atoms with E-state index < -0.39 is 10.0 Å². The van der Waals surface area contributed by atoms with Crippen LogP contribution in [0.3, 0.4) is 0 Å². The molecule has 0 unspecified atom stereocenters. The van der Waals surface area contributed by atoms with Crippen LogP contribution in [0.4, 0.5) is 5.82 Å². The van der Waals surface area contributed by atoms with Crippen molar-refractivity contribution in [3.63, 3.8) is 0 Å². The lowest BCUT2D eigenvalue weighted by molar-refractivity contribution is 0.600. The highest BCUT2D eigenvalue weighted by molar-refractivity contribution is 9.10. The summed E-state index contributed by atoms with van der Waals surface area (Å²) in [6, 6.07) is 14.3. The fraction of sp³-hybridized carbons (Fsp3) is 0.211. The molecule has 142 valence electrons. The molecule has 0 aliphatic carbocycles. The van der Waals surface area contributed by atoms with Gasteiger partial charge in [-0.2, -0.15) is 5.10 Å². The van der Waals surface area contributed by atoms with E-state index in [1.165, 1.54) is 0 Å². The van der Waals surface area contributed by atoms with Gasteiger partial charge in [-0.05, 0) is 57.7 Å². The standard InChI is InChI=1S/C19H19BrClN3O2S/c1-2-3-14-6-10-17(11-7-14)27(25,26)23-19-18(20)13-24(22-19)12-15-4-8-16(21)9-5-15/h4-11,13H,2-3,12H2,1H3,(H,22,23). The van der Waals surface area contributed by atoms with Crippen molar-refractivity contribution >= 4 is 43.4 Å². The zero-order valence-electron chi connectivity index (χ0n) is 14.7. The minimum atomic E-state index is -3.71. The Morgan fingerprint density at radius 3 is 2.33 bits per heavy atom. The van der Waals surface area contributed by atoms with E-state index in [0.29, 0.717) is 16.0 Å². The lowest BCUT2D eigenvalue weighted by Gasteiger charge is -2.07. The van der Waals surface area contributed by atoms with E-state index >= 15 is 0 Å². The van der Waals surface area contributed by atoms with Crippen LogP contribution >= 0.6 is 27.5 Å². The summed E-state index contributed by atoms with van der Waals surface area (Å²) in [5.41, 5.74) is 2.13. The van der Waals surface area contributed by atoms with E-state index in [1.807, 2.05) is 24.3 Å².